The standard InChI is InChI=1S/C20H17N5/c1-14-6-2-3-9-16(14)24-18-12-19(23-13-22-18)25-17-10-4-7-15-8-5-11-21-20(15)17/h2-13H,1H3,(H2,22,23,24,25). The summed E-state index contributed by atoms with van der Waals surface area (Å²) in [5, 5.41) is 7.75. The highest BCUT2D eigenvalue weighted by molar-refractivity contribution is 5.91. The quantitative estimate of drug-likeness (QED) is 0.562. The number of hydrogen-bond donors (Lipinski definition) is 2. The second-order valence-corrected chi connectivity index (χ2v) is 5.73. The van der Waals surface area contributed by atoms with Crippen LogP contribution in [0, 0.1) is 6.92 Å². The smallest absolute Gasteiger partial charge is 0.135 e. The first-order chi connectivity index (χ1) is 12.3. The number of rotatable bonds is 4. The van der Waals surface area contributed by atoms with Crippen LogP contribution in [0.1, 0.15) is 5.56 Å². The van der Waals surface area contributed by atoms with Crippen molar-refractivity contribution in [3.63, 3.8) is 0 Å². The highest BCUT2D eigenvalue weighted by Crippen LogP contribution is 2.25. The highest BCUT2D eigenvalue weighted by atomic mass is 15.1. The summed E-state index contributed by atoms with van der Waals surface area (Å²) in [7, 11) is 0. The summed E-state index contributed by atoms with van der Waals surface area (Å²) in [5.41, 5.74) is 4.02. The SMILES string of the molecule is Cc1ccccc1Nc1cc(Nc2cccc3cccnc23)ncn1. The van der Waals surface area contributed by atoms with Gasteiger partial charge in [0.15, 0.2) is 0 Å². The molecule has 2 N–H and O–H groups in total. The van der Waals surface area contributed by atoms with Gasteiger partial charge in [0, 0.05) is 23.3 Å². The maximum Gasteiger partial charge on any atom is 0.135 e. The van der Waals surface area contributed by atoms with Gasteiger partial charge in [-0.3, -0.25) is 4.98 Å². The van der Waals surface area contributed by atoms with Crippen molar-refractivity contribution in [1.82, 2.24) is 15.0 Å². The minimum Gasteiger partial charge on any atom is -0.340 e. The first kappa shape index (κ1) is 15.1. The Morgan fingerprint density at radius 1 is 0.720 bits per heavy atom. The lowest BCUT2D eigenvalue weighted by atomic mass is 10.2. The van der Waals surface area contributed by atoms with E-state index < -0.39 is 0 Å². The Bertz CT molecular complexity index is 1020. The number of para-hydroxylation sites is 2. The summed E-state index contributed by atoms with van der Waals surface area (Å²) in [5.74, 6) is 1.45. The van der Waals surface area contributed by atoms with Crippen molar-refractivity contribution in [3.05, 3.63) is 78.8 Å². The minimum absolute atomic E-state index is 0.712. The molecule has 2 heterocycles. The molecule has 0 aliphatic heterocycles. The van der Waals surface area contributed by atoms with Gasteiger partial charge in [-0.15, -0.1) is 0 Å². The lowest BCUT2D eigenvalue weighted by molar-refractivity contribution is 1.16. The van der Waals surface area contributed by atoms with Crippen molar-refractivity contribution in [3.8, 4) is 0 Å². The van der Waals surface area contributed by atoms with Crippen molar-refractivity contribution in [2.45, 2.75) is 6.92 Å². The normalized spacial score (nSPS) is 10.6. The van der Waals surface area contributed by atoms with Crippen LogP contribution in [0.2, 0.25) is 0 Å². The van der Waals surface area contributed by atoms with E-state index in [1.807, 2.05) is 54.6 Å². The van der Waals surface area contributed by atoms with Gasteiger partial charge in [-0.2, -0.15) is 0 Å². The zero-order valence-electron chi connectivity index (χ0n) is 13.8. The van der Waals surface area contributed by atoms with Gasteiger partial charge in [0.1, 0.15) is 18.0 Å². The largest absolute Gasteiger partial charge is 0.340 e. The molecule has 0 amide bonds. The van der Waals surface area contributed by atoms with E-state index in [4.69, 9.17) is 0 Å². The molecule has 0 radical (unpaired) electrons. The zero-order chi connectivity index (χ0) is 17.1. The van der Waals surface area contributed by atoms with Crippen molar-refractivity contribution >= 4 is 33.9 Å². The van der Waals surface area contributed by atoms with Crippen LogP contribution in [0.4, 0.5) is 23.0 Å². The van der Waals surface area contributed by atoms with E-state index in [1.54, 1.807) is 12.5 Å². The van der Waals surface area contributed by atoms with Crippen LogP contribution in [0.25, 0.3) is 10.9 Å². The second-order valence-electron chi connectivity index (χ2n) is 5.73. The van der Waals surface area contributed by atoms with Crippen molar-refractivity contribution in [2.24, 2.45) is 0 Å². The molecule has 5 heteroatoms. The average molecular weight is 327 g/mol. The molecular weight excluding hydrogens is 310 g/mol. The van der Waals surface area contributed by atoms with E-state index in [1.165, 1.54) is 0 Å². The summed E-state index contributed by atoms with van der Waals surface area (Å²) in [6, 6.07) is 20.0. The molecular formula is C20H17N5. The van der Waals surface area contributed by atoms with Gasteiger partial charge < -0.3 is 10.6 Å². The number of nitrogens with one attached hydrogen (secondary N) is 2. The van der Waals surface area contributed by atoms with Gasteiger partial charge in [0.05, 0.1) is 11.2 Å². The van der Waals surface area contributed by atoms with Crippen LogP contribution in [-0.4, -0.2) is 15.0 Å². The number of aryl methyl sites for hydroxylation is 1. The number of fused-ring (bicyclic) bond motifs is 1. The Hall–Kier alpha value is -3.47. The summed E-state index contributed by atoms with van der Waals surface area (Å²) in [6.07, 6.45) is 3.33. The molecule has 0 spiro atoms. The predicted octanol–water partition coefficient (Wildman–Crippen LogP) is 4.82. The van der Waals surface area contributed by atoms with Gasteiger partial charge in [0.2, 0.25) is 0 Å². The third-order valence-corrected chi connectivity index (χ3v) is 3.97. The van der Waals surface area contributed by atoms with Gasteiger partial charge in [-0.1, -0.05) is 36.4 Å². The average Bonchev–Trinajstić information content (AvgIpc) is 2.64. The van der Waals surface area contributed by atoms with Crippen molar-refractivity contribution in [1.29, 1.82) is 0 Å². The molecule has 5 nitrogen and oxygen atoms in total. The molecule has 122 valence electrons. The number of hydrogen-bond acceptors (Lipinski definition) is 5. The molecule has 0 bridgehead atoms. The van der Waals surface area contributed by atoms with Crippen LogP contribution in [0.3, 0.4) is 0 Å². The number of pyridine rings is 1. The Kier molecular flexibility index (Phi) is 3.96. The Morgan fingerprint density at radius 3 is 2.28 bits per heavy atom. The number of nitrogens with zero attached hydrogens (tertiary/aromatic N) is 3. The molecule has 0 unspecified atom stereocenters. The van der Waals surface area contributed by atoms with E-state index in [9.17, 15) is 0 Å². The van der Waals surface area contributed by atoms with E-state index in [2.05, 4.69) is 38.6 Å². The third kappa shape index (κ3) is 3.26. The summed E-state index contributed by atoms with van der Waals surface area (Å²) in [4.78, 5) is 13.1. The maximum atomic E-state index is 4.46. The van der Waals surface area contributed by atoms with Crippen LogP contribution in [0.15, 0.2) is 73.2 Å². The van der Waals surface area contributed by atoms with Crippen molar-refractivity contribution in [2.75, 3.05) is 10.6 Å². The molecule has 2 aromatic carbocycles. The number of anilines is 4. The topological polar surface area (TPSA) is 62.7 Å². The molecule has 0 aliphatic rings. The first-order valence-corrected chi connectivity index (χ1v) is 8.05. The maximum absolute atomic E-state index is 4.46. The van der Waals surface area contributed by atoms with Gasteiger partial charge >= 0.3 is 0 Å². The fourth-order valence-electron chi connectivity index (χ4n) is 2.69. The summed E-state index contributed by atoms with van der Waals surface area (Å²) < 4.78 is 0. The van der Waals surface area contributed by atoms with Crippen LogP contribution in [-0.2, 0) is 0 Å². The van der Waals surface area contributed by atoms with Crippen LogP contribution >= 0.6 is 0 Å². The lowest BCUT2D eigenvalue weighted by Gasteiger charge is -2.11. The second kappa shape index (κ2) is 6.57. The molecule has 2 aromatic heterocycles. The fourth-order valence-corrected chi connectivity index (χ4v) is 2.69. The molecule has 4 aromatic rings. The van der Waals surface area contributed by atoms with Gasteiger partial charge in [-0.05, 0) is 30.7 Å². The van der Waals surface area contributed by atoms with Crippen LogP contribution < -0.4 is 10.6 Å². The van der Waals surface area contributed by atoms with Gasteiger partial charge in [0.25, 0.3) is 0 Å². The summed E-state index contributed by atoms with van der Waals surface area (Å²) in [6.45, 7) is 2.06. The van der Waals surface area contributed by atoms with E-state index in [0.29, 0.717) is 5.82 Å². The highest BCUT2D eigenvalue weighted by Gasteiger charge is 2.05. The van der Waals surface area contributed by atoms with E-state index in [0.717, 1.165) is 33.7 Å². The van der Waals surface area contributed by atoms with E-state index in [-0.39, 0.29) is 0 Å². The predicted molar refractivity (Wildman–Crippen MR) is 102 cm³/mol. The fraction of sp³-hybridized carbons (Fsp3) is 0.0500. The molecule has 0 saturated carbocycles. The minimum atomic E-state index is 0.712. The third-order valence-electron chi connectivity index (χ3n) is 3.97. The summed E-state index contributed by atoms with van der Waals surface area (Å²) >= 11 is 0. The Balaban J connectivity index is 1.62. The lowest BCUT2D eigenvalue weighted by Crippen LogP contribution is -2.00. The van der Waals surface area contributed by atoms with Crippen molar-refractivity contribution < 1.29 is 0 Å². The van der Waals surface area contributed by atoms with Crippen LogP contribution in [0.5, 0.6) is 0 Å². The molecule has 4 rings (SSSR count). The first-order valence-electron chi connectivity index (χ1n) is 8.05. The Morgan fingerprint density at radius 2 is 1.44 bits per heavy atom. The molecule has 25 heavy (non-hydrogen) atoms. The monoisotopic (exact) mass is 327 g/mol. The van der Waals surface area contributed by atoms with Gasteiger partial charge in [-0.25, -0.2) is 9.97 Å². The number of benzene rings is 2. The van der Waals surface area contributed by atoms with E-state index >= 15 is 0 Å². The molecule has 0 aliphatic carbocycles. The number of aromatic nitrogens is 3. The molecule has 0 atom stereocenters. The molecule has 0 saturated heterocycles. The Labute approximate surface area is 145 Å². The zero-order valence-corrected chi connectivity index (χ0v) is 13.8. The molecule has 0 fully saturated rings.